The summed E-state index contributed by atoms with van der Waals surface area (Å²) in [4.78, 5) is 29.9. The minimum Gasteiger partial charge on any atom is -0.339 e. The Bertz CT molecular complexity index is 789. The van der Waals surface area contributed by atoms with Gasteiger partial charge in [0.05, 0.1) is 5.69 Å². The first-order valence-electron chi connectivity index (χ1n) is 7.64. The van der Waals surface area contributed by atoms with E-state index in [1.54, 1.807) is 19.1 Å². The number of carbonyl (C=O) groups excluding carboxylic acids is 2. The van der Waals surface area contributed by atoms with E-state index in [1.807, 2.05) is 6.92 Å². The number of aromatic nitrogens is 2. The van der Waals surface area contributed by atoms with Crippen molar-refractivity contribution in [2.75, 3.05) is 11.4 Å². The number of piperidine rings is 1. The standard InChI is InChI=1S/C16H17FN4O3/c1-9-5-6-11(17)13(8-9)21-7-3-4-12(16(21)23)19-15(22)14-18-10(2)24-20-14/h5-6,8,12H,3-4,7H2,1-2H3,(H,19,22). The van der Waals surface area contributed by atoms with Crippen molar-refractivity contribution in [2.45, 2.75) is 32.7 Å². The molecule has 126 valence electrons. The van der Waals surface area contributed by atoms with Gasteiger partial charge >= 0.3 is 0 Å². The molecule has 2 amide bonds. The summed E-state index contributed by atoms with van der Waals surface area (Å²) in [5.74, 6) is -1.26. The molecule has 1 aromatic carbocycles. The Balaban J connectivity index is 1.77. The highest BCUT2D eigenvalue weighted by Crippen LogP contribution is 2.25. The van der Waals surface area contributed by atoms with Gasteiger partial charge < -0.3 is 14.7 Å². The number of rotatable bonds is 3. The quantitative estimate of drug-likeness (QED) is 0.925. The largest absolute Gasteiger partial charge is 0.339 e. The maximum absolute atomic E-state index is 14.1. The number of anilines is 1. The molecule has 2 heterocycles. The van der Waals surface area contributed by atoms with Gasteiger partial charge in [0.2, 0.25) is 11.8 Å². The Morgan fingerprint density at radius 1 is 1.42 bits per heavy atom. The zero-order valence-corrected chi connectivity index (χ0v) is 13.4. The zero-order valence-electron chi connectivity index (χ0n) is 13.4. The molecule has 0 saturated carbocycles. The highest BCUT2D eigenvalue weighted by molar-refractivity contribution is 6.01. The van der Waals surface area contributed by atoms with Gasteiger partial charge in [-0.25, -0.2) is 4.39 Å². The van der Waals surface area contributed by atoms with E-state index >= 15 is 0 Å². The molecule has 2 aromatic rings. The lowest BCUT2D eigenvalue weighted by molar-refractivity contribution is -0.121. The summed E-state index contributed by atoms with van der Waals surface area (Å²) < 4.78 is 18.8. The number of halogens is 1. The van der Waals surface area contributed by atoms with E-state index in [0.29, 0.717) is 19.4 Å². The molecule has 0 radical (unpaired) electrons. The lowest BCUT2D eigenvalue weighted by Crippen LogP contribution is -2.52. The number of nitrogens with one attached hydrogen (secondary N) is 1. The maximum Gasteiger partial charge on any atom is 0.293 e. The molecule has 1 fully saturated rings. The number of hydrogen-bond donors (Lipinski definition) is 1. The van der Waals surface area contributed by atoms with Crippen LogP contribution in [0.1, 0.15) is 34.9 Å². The van der Waals surface area contributed by atoms with Crippen LogP contribution in [0.25, 0.3) is 0 Å². The number of amides is 2. The molecule has 24 heavy (non-hydrogen) atoms. The third-order valence-electron chi connectivity index (χ3n) is 3.87. The fourth-order valence-electron chi connectivity index (χ4n) is 2.69. The van der Waals surface area contributed by atoms with Crippen molar-refractivity contribution in [3.63, 3.8) is 0 Å². The Hall–Kier alpha value is -2.77. The molecule has 1 aliphatic heterocycles. The van der Waals surface area contributed by atoms with Gasteiger partial charge in [0.25, 0.3) is 11.7 Å². The minimum absolute atomic E-state index is 0.126. The smallest absolute Gasteiger partial charge is 0.293 e. The van der Waals surface area contributed by atoms with Crippen LogP contribution in [-0.2, 0) is 4.79 Å². The summed E-state index contributed by atoms with van der Waals surface area (Å²) in [5.41, 5.74) is 1.09. The van der Waals surface area contributed by atoms with E-state index in [1.165, 1.54) is 11.0 Å². The normalized spacial score (nSPS) is 17.9. The molecule has 1 atom stereocenters. The van der Waals surface area contributed by atoms with Crippen molar-refractivity contribution in [1.29, 1.82) is 0 Å². The molecule has 1 N–H and O–H groups in total. The molecule has 0 aliphatic carbocycles. The Morgan fingerprint density at radius 3 is 2.92 bits per heavy atom. The summed E-state index contributed by atoms with van der Waals surface area (Å²) in [6.07, 6.45) is 1.13. The van der Waals surface area contributed by atoms with Gasteiger partial charge in [-0.15, -0.1) is 0 Å². The molecule has 1 unspecified atom stereocenters. The monoisotopic (exact) mass is 332 g/mol. The van der Waals surface area contributed by atoms with Crippen LogP contribution < -0.4 is 10.2 Å². The van der Waals surface area contributed by atoms with Gasteiger partial charge in [-0.1, -0.05) is 11.2 Å². The lowest BCUT2D eigenvalue weighted by atomic mass is 10.0. The summed E-state index contributed by atoms with van der Waals surface area (Å²) in [7, 11) is 0. The summed E-state index contributed by atoms with van der Waals surface area (Å²) >= 11 is 0. The first-order valence-corrected chi connectivity index (χ1v) is 7.64. The first kappa shape index (κ1) is 16.1. The molecule has 3 rings (SSSR count). The van der Waals surface area contributed by atoms with Gasteiger partial charge in [0.1, 0.15) is 11.9 Å². The van der Waals surface area contributed by atoms with Crippen LogP contribution in [0.2, 0.25) is 0 Å². The van der Waals surface area contributed by atoms with Crippen LogP contribution >= 0.6 is 0 Å². The summed E-state index contributed by atoms with van der Waals surface area (Å²) in [6.45, 7) is 3.81. The van der Waals surface area contributed by atoms with Crippen molar-refractivity contribution in [2.24, 2.45) is 0 Å². The van der Waals surface area contributed by atoms with Crippen LogP contribution in [-0.4, -0.2) is 34.5 Å². The number of hydrogen-bond acceptors (Lipinski definition) is 5. The van der Waals surface area contributed by atoms with E-state index < -0.39 is 17.8 Å². The van der Waals surface area contributed by atoms with Crippen LogP contribution in [0.15, 0.2) is 22.7 Å². The van der Waals surface area contributed by atoms with Gasteiger partial charge in [0, 0.05) is 13.5 Å². The van der Waals surface area contributed by atoms with Crippen molar-refractivity contribution >= 4 is 17.5 Å². The predicted molar refractivity (Wildman–Crippen MR) is 83.0 cm³/mol. The van der Waals surface area contributed by atoms with Crippen LogP contribution in [0.5, 0.6) is 0 Å². The second-order valence-electron chi connectivity index (χ2n) is 5.75. The van der Waals surface area contributed by atoms with Gasteiger partial charge in [-0.2, -0.15) is 4.98 Å². The molecule has 0 bridgehead atoms. The molecule has 8 heteroatoms. The number of carbonyl (C=O) groups is 2. The van der Waals surface area contributed by atoms with Crippen LogP contribution in [0.3, 0.4) is 0 Å². The number of aryl methyl sites for hydroxylation is 2. The van der Waals surface area contributed by atoms with Crippen molar-refractivity contribution in [3.8, 4) is 0 Å². The average molecular weight is 332 g/mol. The number of benzene rings is 1. The van der Waals surface area contributed by atoms with Crippen LogP contribution in [0, 0.1) is 19.7 Å². The molecule has 1 saturated heterocycles. The third-order valence-corrected chi connectivity index (χ3v) is 3.87. The van der Waals surface area contributed by atoms with Gasteiger partial charge in [-0.05, 0) is 37.5 Å². The van der Waals surface area contributed by atoms with Crippen LogP contribution in [0.4, 0.5) is 10.1 Å². The van der Waals surface area contributed by atoms with E-state index in [9.17, 15) is 14.0 Å². The van der Waals surface area contributed by atoms with E-state index in [2.05, 4.69) is 15.5 Å². The summed E-state index contributed by atoms with van der Waals surface area (Å²) in [5, 5.41) is 6.12. The van der Waals surface area contributed by atoms with Crippen molar-refractivity contribution in [1.82, 2.24) is 15.5 Å². The highest BCUT2D eigenvalue weighted by atomic mass is 19.1. The fourth-order valence-corrected chi connectivity index (χ4v) is 2.69. The van der Waals surface area contributed by atoms with E-state index in [-0.39, 0.29) is 23.3 Å². The Morgan fingerprint density at radius 2 is 2.21 bits per heavy atom. The maximum atomic E-state index is 14.1. The Labute approximate surface area is 137 Å². The van der Waals surface area contributed by atoms with Crippen molar-refractivity contribution in [3.05, 3.63) is 41.3 Å². The second-order valence-corrected chi connectivity index (χ2v) is 5.75. The lowest BCUT2D eigenvalue weighted by Gasteiger charge is -2.32. The molecule has 0 spiro atoms. The van der Waals surface area contributed by atoms with Gasteiger partial charge in [-0.3, -0.25) is 9.59 Å². The van der Waals surface area contributed by atoms with Gasteiger partial charge in [0.15, 0.2) is 0 Å². The number of nitrogens with zero attached hydrogens (tertiary/aromatic N) is 3. The zero-order chi connectivity index (χ0) is 17.3. The SMILES string of the molecule is Cc1ccc(F)c(N2CCCC(NC(=O)c3noc(C)n3)C2=O)c1. The summed E-state index contributed by atoms with van der Waals surface area (Å²) in [6, 6.07) is 3.86. The van der Waals surface area contributed by atoms with E-state index in [0.717, 1.165) is 5.56 Å². The molecular weight excluding hydrogens is 315 g/mol. The minimum atomic E-state index is -0.745. The topological polar surface area (TPSA) is 88.3 Å². The fraction of sp³-hybridized carbons (Fsp3) is 0.375. The first-order chi connectivity index (χ1) is 11.5. The van der Waals surface area contributed by atoms with Crippen molar-refractivity contribution < 1.29 is 18.5 Å². The highest BCUT2D eigenvalue weighted by Gasteiger charge is 2.33. The molecule has 7 nitrogen and oxygen atoms in total. The Kier molecular flexibility index (Phi) is 4.28. The molecule has 1 aliphatic rings. The van der Waals surface area contributed by atoms with E-state index in [4.69, 9.17) is 4.52 Å². The predicted octanol–water partition coefficient (Wildman–Crippen LogP) is 1.75. The average Bonchev–Trinajstić information content (AvgIpc) is 2.98. The third kappa shape index (κ3) is 3.12. The second kappa shape index (κ2) is 6.38. The molecule has 1 aromatic heterocycles. The molecular formula is C16H17FN4O3.